The maximum Gasteiger partial charge on any atom is 0.341 e. The second-order valence-electron chi connectivity index (χ2n) is 6.77. The van der Waals surface area contributed by atoms with E-state index in [1.54, 1.807) is 4.90 Å². The number of para-hydroxylation sites is 1. The summed E-state index contributed by atoms with van der Waals surface area (Å²) in [6, 6.07) is 14.6. The number of halogens is 2. The van der Waals surface area contributed by atoms with Gasteiger partial charge in [0.05, 0.1) is 16.5 Å². The van der Waals surface area contributed by atoms with Crippen molar-refractivity contribution in [3.05, 3.63) is 60.2 Å². The van der Waals surface area contributed by atoms with Crippen LogP contribution in [-0.2, 0) is 25.8 Å². The van der Waals surface area contributed by atoms with Crippen molar-refractivity contribution in [2.75, 3.05) is 18.4 Å². The van der Waals surface area contributed by atoms with E-state index in [4.69, 9.17) is 0 Å². The van der Waals surface area contributed by atoms with Crippen LogP contribution >= 0.6 is 0 Å². The number of anilines is 1. The van der Waals surface area contributed by atoms with E-state index in [1.165, 1.54) is 18.2 Å². The summed E-state index contributed by atoms with van der Waals surface area (Å²) in [4.78, 5) is 25.7. The van der Waals surface area contributed by atoms with Gasteiger partial charge in [-0.1, -0.05) is 42.5 Å². The molecule has 0 bridgehead atoms. The average Bonchev–Trinajstić information content (AvgIpc) is 3.08. The van der Waals surface area contributed by atoms with Crippen molar-refractivity contribution in [1.29, 1.82) is 0 Å². The number of alkyl halides is 2. The summed E-state index contributed by atoms with van der Waals surface area (Å²) in [5.41, 5.74) is 0.854. The highest BCUT2D eigenvalue weighted by atomic mass is 32.2. The molecule has 0 aliphatic carbocycles. The van der Waals surface area contributed by atoms with E-state index in [1.807, 2.05) is 30.3 Å². The first-order chi connectivity index (χ1) is 13.8. The first-order valence-corrected chi connectivity index (χ1v) is 10.6. The third-order valence-electron chi connectivity index (χ3n) is 4.78. The molecule has 1 aliphatic rings. The predicted molar refractivity (Wildman–Crippen MR) is 103 cm³/mol. The van der Waals surface area contributed by atoms with Crippen molar-refractivity contribution < 1.29 is 26.8 Å². The van der Waals surface area contributed by atoms with Gasteiger partial charge in [-0.05, 0) is 24.1 Å². The lowest BCUT2D eigenvalue weighted by atomic mass is 10.1. The molecule has 6 nitrogen and oxygen atoms in total. The minimum absolute atomic E-state index is 0.00954. The van der Waals surface area contributed by atoms with Crippen LogP contribution in [0.4, 0.5) is 14.5 Å². The third-order valence-corrected chi connectivity index (χ3v) is 6.22. The van der Waals surface area contributed by atoms with Gasteiger partial charge in [0.25, 0.3) is 0 Å². The van der Waals surface area contributed by atoms with Crippen molar-refractivity contribution in [3.63, 3.8) is 0 Å². The molecule has 2 amide bonds. The summed E-state index contributed by atoms with van der Waals surface area (Å²) in [6.45, 7) is 0.657. The van der Waals surface area contributed by atoms with Crippen molar-refractivity contribution in [2.24, 2.45) is 5.92 Å². The summed E-state index contributed by atoms with van der Waals surface area (Å²) in [5.74, 6) is -5.02. The molecule has 2 aromatic carbocycles. The number of carbonyl (C=O) groups excluding carboxylic acids is 2. The predicted octanol–water partition coefficient (Wildman–Crippen LogP) is 2.71. The van der Waals surface area contributed by atoms with Gasteiger partial charge in [0, 0.05) is 19.5 Å². The van der Waals surface area contributed by atoms with Gasteiger partial charge in [0.2, 0.25) is 21.7 Å². The molecule has 3 rings (SSSR count). The number of hydrogen-bond acceptors (Lipinski definition) is 4. The van der Waals surface area contributed by atoms with Crippen LogP contribution in [-0.4, -0.2) is 44.0 Å². The third kappa shape index (κ3) is 4.79. The fraction of sp³-hybridized carbons (Fsp3) is 0.300. The van der Waals surface area contributed by atoms with Gasteiger partial charge < -0.3 is 10.2 Å². The van der Waals surface area contributed by atoms with Crippen LogP contribution in [0.3, 0.4) is 0 Å². The number of hydrogen-bond donors (Lipinski definition) is 1. The number of carbonyl (C=O) groups is 2. The van der Waals surface area contributed by atoms with Crippen molar-refractivity contribution >= 4 is 27.3 Å². The zero-order valence-corrected chi connectivity index (χ0v) is 16.2. The van der Waals surface area contributed by atoms with Crippen LogP contribution in [0, 0.1) is 5.92 Å². The second-order valence-corrected chi connectivity index (χ2v) is 8.65. The monoisotopic (exact) mass is 422 g/mol. The van der Waals surface area contributed by atoms with Crippen LogP contribution < -0.4 is 5.32 Å². The smallest absolute Gasteiger partial charge is 0.341 e. The summed E-state index contributed by atoms with van der Waals surface area (Å²) >= 11 is 0. The van der Waals surface area contributed by atoms with E-state index >= 15 is 0 Å². The van der Waals surface area contributed by atoms with Crippen LogP contribution in [0.25, 0.3) is 0 Å². The first-order valence-electron chi connectivity index (χ1n) is 9.02. The Balaban J connectivity index is 1.66. The standard InChI is InChI=1S/C20H20F2N2O4S/c21-20(22)29(27,28)17-9-5-4-8-16(17)23-19(26)15-12-18(25)24(13-15)11-10-14-6-2-1-3-7-14/h1-9,15,20H,10-13H2,(H,23,26). The molecule has 1 atom stereocenters. The molecule has 1 fully saturated rings. The number of likely N-dealkylation sites (tertiary alicyclic amines) is 1. The fourth-order valence-corrected chi connectivity index (χ4v) is 4.11. The zero-order chi connectivity index (χ0) is 21.0. The number of benzene rings is 2. The van der Waals surface area contributed by atoms with Crippen LogP contribution in [0.5, 0.6) is 0 Å². The van der Waals surface area contributed by atoms with Gasteiger partial charge >= 0.3 is 5.76 Å². The van der Waals surface area contributed by atoms with Crippen molar-refractivity contribution in [3.8, 4) is 0 Å². The van der Waals surface area contributed by atoms with Crippen molar-refractivity contribution in [1.82, 2.24) is 4.90 Å². The number of nitrogens with one attached hydrogen (secondary N) is 1. The molecule has 9 heteroatoms. The molecule has 1 saturated heterocycles. The molecule has 29 heavy (non-hydrogen) atoms. The van der Waals surface area contributed by atoms with E-state index in [2.05, 4.69) is 5.32 Å². The molecule has 1 unspecified atom stereocenters. The largest absolute Gasteiger partial charge is 0.342 e. The molecular weight excluding hydrogens is 402 g/mol. The van der Waals surface area contributed by atoms with E-state index in [0.717, 1.165) is 11.6 Å². The van der Waals surface area contributed by atoms with E-state index in [0.29, 0.717) is 13.0 Å². The maximum absolute atomic E-state index is 12.9. The fourth-order valence-electron chi connectivity index (χ4n) is 3.22. The number of rotatable bonds is 7. The molecule has 1 N–H and O–H groups in total. The molecule has 154 valence electrons. The summed E-state index contributed by atoms with van der Waals surface area (Å²) in [5, 5.41) is 2.40. The Hall–Kier alpha value is -2.81. The Labute approximate surface area is 167 Å². The zero-order valence-electron chi connectivity index (χ0n) is 15.4. The molecule has 1 aliphatic heterocycles. The molecular formula is C20H20F2N2O4S. The lowest BCUT2D eigenvalue weighted by molar-refractivity contribution is -0.128. The van der Waals surface area contributed by atoms with E-state index in [9.17, 15) is 26.8 Å². The number of sulfone groups is 1. The maximum atomic E-state index is 12.9. The van der Waals surface area contributed by atoms with Crippen LogP contribution in [0.1, 0.15) is 12.0 Å². The topological polar surface area (TPSA) is 83.5 Å². The molecule has 0 saturated carbocycles. The Morgan fingerprint density at radius 2 is 1.76 bits per heavy atom. The van der Waals surface area contributed by atoms with Gasteiger partial charge in [-0.2, -0.15) is 8.78 Å². The summed E-state index contributed by atoms with van der Waals surface area (Å²) in [7, 11) is -4.86. The number of nitrogens with zero attached hydrogens (tertiary/aromatic N) is 1. The van der Waals surface area contributed by atoms with Gasteiger partial charge in [-0.15, -0.1) is 0 Å². The second kappa shape index (κ2) is 8.69. The Morgan fingerprint density at radius 1 is 1.10 bits per heavy atom. The summed E-state index contributed by atoms with van der Waals surface area (Å²) < 4.78 is 49.4. The lowest BCUT2D eigenvalue weighted by Crippen LogP contribution is -2.30. The normalized spacial score (nSPS) is 17.0. The lowest BCUT2D eigenvalue weighted by Gasteiger charge is -2.17. The Bertz CT molecular complexity index is 997. The van der Waals surface area contributed by atoms with Gasteiger partial charge in [0.15, 0.2) is 0 Å². The van der Waals surface area contributed by atoms with Gasteiger partial charge in [-0.25, -0.2) is 8.42 Å². The van der Waals surface area contributed by atoms with Crippen molar-refractivity contribution in [2.45, 2.75) is 23.5 Å². The Kier molecular flexibility index (Phi) is 6.26. The molecule has 0 radical (unpaired) electrons. The van der Waals surface area contributed by atoms with Gasteiger partial charge in [0.1, 0.15) is 0 Å². The minimum atomic E-state index is -4.86. The minimum Gasteiger partial charge on any atom is -0.342 e. The molecule has 2 aromatic rings. The number of amides is 2. The molecule has 0 aromatic heterocycles. The molecule has 0 spiro atoms. The molecule has 1 heterocycles. The van der Waals surface area contributed by atoms with E-state index in [-0.39, 0.29) is 24.6 Å². The highest BCUT2D eigenvalue weighted by Crippen LogP contribution is 2.27. The SMILES string of the molecule is O=C(Nc1ccccc1S(=O)(=O)C(F)F)C1CC(=O)N(CCc2ccccc2)C1. The summed E-state index contributed by atoms with van der Waals surface area (Å²) in [6.07, 6.45) is 0.640. The van der Waals surface area contributed by atoms with Crippen LogP contribution in [0.15, 0.2) is 59.5 Å². The quantitative estimate of drug-likeness (QED) is 0.744. The van der Waals surface area contributed by atoms with E-state index < -0.39 is 32.3 Å². The van der Waals surface area contributed by atoms with Gasteiger partial charge in [-0.3, -0.25) is 9.59 Å². The first kappa shape index (κ1) is 20.9. The highest BCUT2D eigenvalue weighted by Gasteiger charge is 2.35. The highest BCUT2D eigenvalue weighted by molar-refractivity contribution is 7.91. The van der Waals surface area contributed by atoms with Crippen LogP contribution in [0.2, 0.25) is 0 Å². The average molecular weight is 422 g/mol. The Morgan fingerprint density at radius 3 is 2.45 bits per heavy atom.